The minimum Gasteiger partial charge on any atom is -0.369 e. The first-order chi connectivity index (χ1) is 10.2. The monoisotopic (exact) mass is 290 g/mol. The van der Waals surface area contributed by atoms with E-state index in [2.05, 4.69) is 23.2 Å². The summed E-state index contributed by atoms with van der Waals surface area (Å²) in [5, 5.41) is 3.67. The van der Waals surface area contributed by atoms with E-state index in [1.165, 1.54) is 44.9 Å². The largest absolute Gasteiger partial charge is 0.369 e. The van der Waals surface area contributed by atoms with Crippen LogP contribution in [0.5, 0.6) is 0 Å². The van der Waals surface area contributed by atoms with Crippen molar-refractivity contribution >= 4 is 5.69 Å². The molecule has 0 aromatic heterocycles. The van der Waals surface area contributed by atoms with Gasteiger partial charge in [0.1, 0.15) is 5.82 Å². The van der Waals surface area contributed by atoms with E-state index in [4.69, 9.17) is 0 Å². The molecule has 1 aromatic carbocycles. The van der Waals surface area contributed by atoms with Gasteiger partial charge in [-0.15, -0.1) is 0 Å². The Morgan fingerprint density at radius 1 is 1.10 bits per heavy atom. The van der Waals surface area contributed by atoms with Gasteiger partial charge in [0, 0.05) is 25.2 Å². The molecule has 0 radical (unpaired) electrons. The number of halogens is 1. The van der Waals surface area contributed by atoms with Gasteiger partial charge in [-0.05, 0) is 50.3 Å². The second kappa shape index (κ2) is 6.78. The van der Waals surface area contributed by atoms with Crippen LogP contribution in [0.25, 0.3) is 0 Å². The Bertz CT molecular complexity index is 462. The van der Waals surface area contributed by atoms with Gasteiger partial charge in [0.25, 0.3) is 0 Å². The first-order valence-electron chi connectivity index (χ1n) is 8.54. The summed E-state index contributed by atoms with van der Waals surface area (Å²) in [6.45, 7) is 4.14. The molecule has 1 saturated heterocycles. The number of rotatable bonds is 4. The predicted molar refractivity (Wildman–Crippen MR) is 86.3 cm³/mol. The molecule has 1 aromatic rings. The van der Waals surface area contributed by atoms with Crippen molar-refractivity contribution in [3.8, 4) is 0 Å². The van der Waals surface area contributed by atoms with Crippen molar-refractivity contribution in [2.24, 2.45) is 0 Å². The second-order valence-electron chi connectivity index (χ2n) is 6.63. The summed E-state index contributed by atoms with van der Waals surface area (Å²) in [6.07, 6.45) is 8.91. The number of nitrogens with one attached hydrogen (secondary N) is 1. The summed E-state index contributed by atoms with van der Waals surface area (Å²) in [6, 6.07) is 6.63. The minimum absolute atomic E-state index is 0.0632. The van der Waals surface area contributed by atoms with Gasteiger partial charge in [0.05, 0.1) is 5.69 Å². The van der Waals surface area contributed by atoms with Gasteiger partial charge in [0.2, 0.25) is 0 Å². The highest BCUT2D eigenvalue weighted by molar-refractivity contribution is 5.50. The number of anilines is 1. The highest BCUT2D eigenvalue weighted by Gasteiger charge is 2.19. The maximum absolute atomic E-state index is 14.4. The molecular formula is C18H27FN2. The fourth-order valence-electron chi connectivity index (χ4n) is 3.73. The first-order valence-corrected chi connectivity index (χ1v) is 8.54. The van der Waals surface area contributed by atoms with E-state index in [-0.39, 0.29) is 11.9 Å². The van der Waals surface area contributed by atoms with Crippen LogP contribution in [0.4, 0.5) is 10.1 Å². The Kier molecular flexibility index (Phi) is 4.79. The molecule has 2 fully saturated rings. The maximum Gasteiger partial charge on any atom is 0.146 e. The number of nitrogens with zero attached hydrogens (tertiary/aromatic N) is 1. The molecule has 1 aliphatic heterocycles. The SMILES string of the molecule is C[C@H](NC1CCCCC1)c1ccc(N2CCCC2)c(F)c1. The third kappa shape index (κ3) is 3.57. The van der Waals surface area contributed by atoms with E-state index in [1.54, 1.807) is 6.07 Å². The molecule has 0 spiro atoms. The number of benzene rings is 1. The van der Waals surface area contributed by atoms with Crippen LogP contribution in [0, 0.1) is 5.82 Å². The zero-order valence-electron chi connectivity index (χ0n) is 13.1. The van der Waals surface area contributed by atoms with Crippen LogP contribution < -0.4 is 10.2 Å². The van der Waals surface area contributed by atoms with Crippen LogP contribution in [0.3, 0.4) is 0 Å². The van der Waals surface area contributed by atoms with E-state index in [1.807, 2.05) is 6.07 Å². The molecule has 116 valence electrons. The maximum atomic E-state index is 14.4. The average molecular weight is 290 g/mol. The third-order valence-electron chi connectivity index (χ3n) is 5.01. The summed E-state index contributed by atoms with van der Waals surface area (Å²) in [4.78, 5) is 2.17. The summed E-state index contributed by atoms with van der Waals surface area (Å²) in [5.41, 5.74) is 1.85. The van der Waals surface area contributed by atoms with Crippen molar-refractivity contribution in [1.29, 1.82) is 0 Å². The average Bonchev–Trinajstić information content (AvgIpc) is 3.02. The van der Waals surface area contributed by atoms with Gasteiger partial charge < -0.3 is 10.2 Å². The lowest BCUT2D eigenvalue weighted by atomic mass is 9.94. The van der Waals surface area contributed by atoms with Crippen LogP contribution in [0.1, 0.15) is 63.5 Å². The summed E-state index contributed by atoms with van der Waals surface area (Å²) < 4.78 is 14.4. The molecule has 21 heavy (non-hydrogen) atoms. The lowest BCUT2D eigenvalue weighted by Gasteiger charge is -2.27. The van der Waals surface area contributed by atoms with Crippen molar-refractivity contribution in [2.75, 3.05) is 18.0 Å². The molecule has 0 unspecified atom stereocenters. The standard InChI is InChI=1S/C18H27FN2/c1-14(20-16-7-3-2-4-8-16)15-9-10-18(17(19)13-15)21-11-5-6-12-21/h9-10,13-14,16,20H,2-8,11-12H2,1H3/t14-/m0/s1. The van der Waals surface area contributed by atoms with Gasteiger partial charge in [-0.2, -0.15) is 0 Å². The number of hydrogen-bond donors (Lipinski definition) is 1. The number of hydrogen-bond acceptors (Lipinski definition) is 2. The molecule has 1 aliphatic carbocycles. The minimum atomic E-state index is -0.0632. The Morgan fingerprint density at radius 3 is 2.48 bits per heavy atom. The molecule has 1 N–H and O–H groups in total. The van der Waals surface area contributed by atoms with E-state index >= 15 is 0 Å². The van der Waals surface area contributed by atoms with Crippen molar-refractivity contribution in [2.45, 2.75) is 64.0 Å². The van der Waals surface area contributed by atoms with Gasteiger partial charge in [-0.3, -0.25) is 0 Å². The normalized spacial score (nSPS) is 21.7. The fourth-order valence-corrected chi connectivity index (χ4v) is 3.73. The van der Waals surface area contributed by atoms with Crippen LogP contribution in [0.2, 0.25) is 0 Å². The third-order valence-corrected chi connectivity index (χ3v) is 5.01. The van der Waals surface area contributed by atoms with Crippen molar-refractivity contribution in [3.05, 3.63) is 29.6 Å². The van der Waals surface area contributed by atoms with E-state index in [9.17, 15) is 4.39 Å². The zero-order valence-corrected chi connectivity index (χ0v) is 13.1. The molecule has 2 aliphatic rings. The molecule has 1 atom stereocenters. The van der Waals surface area contributed by atoms with Crippen LogP contribution in [-0.4, -0.2) is 19.1 Å². The Hall–Kier alpha value is -1.09. The molecular weight excluding hydrogens is 263 g/mol. The van der Waals surface area contributed by atoms with Crippen molar-refractivity contribution < 1.29 is 4.39 Å². The lowest BCUT2D eigenvalue weighted by molar-refractivity contribution is 0.346. The van der Waals surface area contributed by atoms with Crippen LogP contribution >= 0.6 is 0 Å². The van der Waals surface area contributed by atoms with E-state index in [0.717, 1.165) is 24.3 Å². The Balaban J connectivity index is 1.65. The highest BCUT2D eigenvalue weighted by Crippen LogP contribution is 2.27. The molecule has 2 nitrogen and oxygen atoms in total. The molecule has 0 bridgehead atoms. The topological polar surface area (TPSA) is 15.3 Å². The molecule has 1 saturated carbocycles. The smallest absolute Gasteiger partial charge is 0.146 e. The quantitative estimate of drug-likeness (QED) is 0.883. The fraction of sp³-hybridized carbons (Fsp3) is 0.667. The second-order valence-corrected chi connectivity index (χ2v) is 6.63. The molecule has 3 rings (SSSR count). The van der Waals surface area contributed by atoms with E-state index in [0.29, 0.717) is 6.04 Å². The van der Waals surface area contributed by atoms with Gasteiger partial charge >= 0.3 is 0 Å². The van der Waals surface area contributed by atoms with Gasteiger partial charge in [-0.25, -0.2) is 4.39 Å². The van der Waals surface area contributed by atoms with E-state index < -0.39 is 0 Å². The van der Waals surface area contributed by atoms with Crippen molar-refractivity contribution in [3.63, 3.8) is 0 Å². The lowest BCUT2D eigenvalue weighted by Crippen LogP contribution is -2.33. The van der Waals surface area contributed by atoms with Crippen molar-refractivity contribution in [1.82, 2.24) is 5.32 Å². The summed E-state index contributed by atoms with van der Waals surface area (Å²) in [7, 11) is 0. The Morgan fingerprint density at radius 2 is 1.81 bits per heavy atom. The first kappa shape index (κ1) is 14.8. The van der Waals surface area contributed by atoms with Gasteiger partial charge in [0.15, 0.2) is 0 Å². The van der Waals surface area contributed by atoms with Gasteiger partial charge in [-0.1, -0.05) is 25.3 Å². The summed E-state index contributed by atoms with van der Waals surface area (Å²) in [5.74, 6) is -0.0632. The Labute approximate surface area is 127 Å². The summed E-state index contributed by atoms with van der Waals surface area (Å²) >= 11 is 0. The zero-order chi connectivity index (χ0) is 14.7. The molecule has 0 amide bonds. The predicted octanol–water partition coefficient (Wildman–Crippen LogP) is 4.41. The van der Waals surface area contributed by atoms with Crippen LogP contribution in [-0.2, 0) is 0 Å². The molecule has 3 heteroatoms. The van der Waals surface area contributed by atoms with Crippen LogP contribution in [0.15, 0.2) is 18.2 Å². The molecule has 1 heterocycles. The highest BCUT2D eigenvalue weighted by atomic mass is 19.1.